The summed E-state index contributed by atoms with van der Waals surface area (Å²) in [5.74, 6) is -0.559. The van der Waals surface area contributed by atoms with Crippen molar-refractivity contribution in [3.8, 4) is 11.9 Å². The van der Waals surface area contributed by atoms with Crippen LogP contribution in [-0.2, 0) is 0 Å². The molecule has 1 rings (SSSR count). The second kappa shape index (κ2) is 3.58. The van der Waals surface area contributed by atoms with Crippen LogP contribution < -0.4 is 10.2 Å². The molecular formula is C7H5BF3N2O-. The highest BCUT2D eigenvalue weighted by molar-refractivity contribution is 6.74. The molecule has 1 aromatic rings. The first-order chi connectivity index (χ1) is 6.49. The SMILES string of the molecule is COc1nc(C#N)ccc1[B-](F)(F)F. The molecule has 0 saturated carbocycles. The minimum Gasteiger partial charge on any atom is -0.483 e. The summed E-state index contributed by atoms with van der Waals surface area (Å²) >= 11 is 0. The number of rotatable bonds is 2. The third kappa shape index (κ3) is 1.96. The van der Waals surface area contributed by atoms with E-state index < -0.39 is 18.3 Å². The molecular weight excluding hydrogens is 196 g/mol. The minimum atomic E-state index is -5.16. The van der Waals surface area contributed by atoms with Gasteiger partial charge in [0.25, 0.3) is 0 Å². The van der Waals surface area contributed by atoms with Crippen molar-refractivity contribution in [2.24, 2.45) is 0 Å². The maximum Gasteiger partial charge on any atom is 0.514 e. The number of nitrogens with zero attached hydrogens (tertiary/aromatic N) is 2. The predicted octanol–water partition coefficient (Wildman–Crippen LogP) is 1.02. The van der Waals surface area contributed by atoms with Gasteiger partial charge in [0.1, 0.15) is 11.8 Å². The molecule has 0 amide bonds. The lowest BCUT2D eigenvalue weighted by atomic mass is 9.81. The van der Waals surface area contributed by atoms with Crippen molar-refractivity contribution in [1.82, 2.24) is 4.98 Å². The van der Waals surface area contributed by atoms with E-state index in [1.54, 1.807) is 6.07 Å². The van der Waals surface area contributed by atoms with Gasteiger partial charge in [0.2, 0.25) is 0 Å². The van der Waals surface area contributed by atoms with Gasteiger partial charge in [0.05, 0.1) is 7.11 Å². The molecule has 0 aromatic carbocycles. The second-order valence-electron chi connectivity index (χ2n) is 2.48. The second-order valence-corrected chi connectivity index (χ2v) is 2.48. The Morgan fingerprint density at radius 3 is 2.50 bits per heavy atom. The van der Waals surface area contributed by atoms with Crippen LogP contribution in [0, 0.1) is 11.3 Å². The van der Waals surface area contributed by atoms with E-state index in [0.717, 1.165) is 19.2 Å². The molecule has 0 aliphatic rings. The van der Waals surface area contributed by atoms with E-state index in [2.05, 4.69) is 9.72 Å². The molecule has 14 heavy (non-hydrogen) atoms. The highest BCUT2D eigenvalue weighted by Gasteiger charge is 2.30. The molecule has 74 valence electrons. The normalized spacial score (nSPS) is 10.8. The first-order valence-electron chi connectivity index (χ1n) is 3.64. The van der Waals surface area contributed by atoms with Crippen LogP contribution in [0.1, 0.15) is 5.69 Å². The third-order valence-corrected chi connectivity index (χ3v) is 1.55. The number of hydrogen-bond donors (Lipinski definition) is 0. The van der Waals surface area contributed by atoms with Crippen LogP contribution in [-0.4, -0.2) is 19.1 Å². The average Bonchev–Trinajstić information content (AvgIpc) is 2.15. The zero-order chi connectivity index (χ0) is 10.8. The lowest BCUT2D eigenvalue weighted by Crippen LogP contribution is -2.35. The number of halogens is 3. The molecule has 0 N–H and O–H groups in total. The Morgan fingerprint density at radius 1 is 1.43 bits per heavy atom. The lowest BCUT2D eigenvalue weighted by Gasteiger charge is -2.17. The molecule has 3 nitrogen and oxygen atoms in total. The van der Waals surface area contributed by atoms with Gasteiger partial charge in [0, 0.05) is 0 Å². The molecule has 0 spiro atoms. The third-order valence-electron chi connectivity index (χ3n) is 1.55. The highest BCUT2D eigenvalue weighted by Crippen LogP contribution is 2.15. The van der Waals surface area contributed by atoms with Crippen LogP contribution in [0.5, 0.6) is 5.88 Å². The lowest BCUT2D eigenvalue weighted by molar-refractivity contribution is 0.396. The number of methoxy groups -OCH3 is 1. The molecule has 0 radical (unpaired) electrons. The smallest absolute Gasteiger partial charge is 0.483 e. The summed E-state index contributed by atoms with van der Waals surface area (Å²) in [5.41, 5.74) is -1.03. The van der Waals surface area contributed by atoms with E-state index in [9.17, 15) is 12.9 Å². The largest absolute Gasteiger partial charge is 0.514 e. The molecule has 0 unspecified atom stereocenters. The fourth-order valence-electron chi connectivity index (χ4n) is 0.926. The van der Waals surface area contributed by atoms with Crippen LogP contribution in [0.25, 0.3) is 0 Å². The van der Waals surface area contributed by atoms with Crippen LogP contribution in [0.15, 0.2) is 12.1 Å². The standard InChI is InChI=1S/C7H5BF3N2O/c1-14-7-6(8(9,10)11)3-2-5(4-12)13-7/h2-3H,1H3/q-1. The fourth-order valence-corrected chi connectivity index (χ4v) is 0.926. The van der Waals surface area contributed by atoms with Gasteiger partial charge in [-0.05, 0) is 11.5 Å². The van der Waals surface area contributed by atoms with Crippen molar-refractivity contribution in [3.63, 3.8) is 0 Å². The molecule has 1 heterocycles. The topological polar surface area (TPSA) is 45.9 Å². The molecule has 0 atom stereocenters. The van der Waals surface area contributed by atoms with Gasteiger partial charge in [-0.3, -0.25) is 0 Å². The van der Waals surface area contributed by atoms with Gasteiger partial charge < -0.3 is 17.7 Å². The van der Waals surface area contributed by atoms with Crippen LogP contribution in [0.4, 0.5) is 12.9 Å². The van der Waals surface area contributed by atoms with Crippen LogP contribution in [0.2, 0.25) is 0 Å². The zero-order valence-electron chi connectivity index (χ0n) is 7.17. The molecule has 0 saturated heterocycles. The first-order valence-corrected chi connectivity index (χ1v) is 3.64. The predicted molar refractivity (Wildman–Crippen MR) is 44.2 cm³/mol. The minimum absolute atomic E-state index is 0.106. The molecule has 0 aliphatic carbocycles. The molecule has 0 aliphatic heterocycles. The number of ether oxygens (including phenoxy) is 1. The monoisotopic (exact) mass is 201 g/mol. The van der Waals surface area contributed by atoms with Crippen molar-refractivity contribution in [2.75, 3.05) is 7.11 Å². The Kier molecular flexibility index (Phi) is 2.65. The molecule has 0 fully saturated rings. The van der Waals surface area contributed by atoms with Crippen molar-refractivity contribution in [3.05, 3.63) is 17.8 Å². The summed E-state index contributed by atoms with van der Waals surface area (Å²) in [5, 5.41) is 8.41. The highest BCUT2D eigenvalue weighted by atomic mass is 19.4. The van der Waals surface area contributed by atoms with Gasteiger partial charge in [-0.15, -0.1) is 0 Å². The van der Waals surface area contributed by atoms with E-state index in [-0.39, 0.29) is 5.69 Å². The molecule has 0 bridgehead atoms. The number of pyridine rings is 1. The van der Waals surface area contributed by atoms with Crippen molar-refractivity contribution >= 4 is 12.4 Å². The van der Waals surface area contributed by atoms with Crippen LogP contribution in [0.3, 0.4) is 0 Å². The van der Waals surface area contributed by atoms with Gasteiger partial charge in [-0.2, -0.15) is 5.26 Å². The maximum absolute atomic E-state index is 12.3. The Hall–Kier alpha value is -1.71. The van der Waals surface area contributed by atoms with E-state index in [1.807, 2.05) is 0 Å². The van der Waals surface area contributed by atoms with Crippen LogP contribution >= 0.6 is 0 Å². The maximum atomic E-state index is 12.3. The van der Waals surface area contributed by atoms with Crippen molar-refractivity contribution in [1.29, 1.82) is 5.26 Å². The quantitative estimate of drug-likeness (QED) is 0.670. The summed E-state index contributed by atoms with van der Waals surface area (Å²) in [6.07, 6.45) is 0. The zero-order valence-corrected chi connectivity index (χ0v) is 7.17. The van der Waals surface area contributed by atoms with Gasteiger partial charge in [0.15, 0.2) is 5.88 Å². The Labute approximate surface area is 78.2 Å². The van der Waals surface area contributed by atoms with E-state index in [0.29, 0.717) is 0 Å². The number of hydrogen-bond acceptors (Lipinski definition) is 3. The summed E-state index contributed by atoms with van der Waals surface area (Å²) in [7, 11) is 1.08. The number of nitriles is 1. The summed E-state index contributed by atoms with van der Waals surface area (Å²) in [6, 6.07) is 3.43. The average molecular weight is 201 g/mol. The van der Waals surface area contributed by atoms with Crippen molar-refractivity contribution < 1.29 is 17.7 Å². The Bertz CT molecular complexity index is 386. The molecule has 7 heteroatoms. The summed E-state index contributed by atoms with van der Waals surface area (Å²) < 4.78 is 41.4. The fraction of sp³-hybridized carbons (Fsp3) is 0.143. The summed E-state index contributed by atoms with van der Waals surface area (Å²) in [4.78, 5) is 3.39. The van der Waals surface area contributed by atoms with E-state index in [4.69, 9.17) is 5.26 Å². The Balaban J connectivity index is 3.27. The Morgan fingerprint density at radius 2 is 2.07 bits per heavy atom. The van der Waals surface area contributed by atoms with E-state index >= 15 is 0 Å². The summed E-state index contributed by atoms with van der Waals surface area (Å²) in [6.45, 7) is -5.16. The molecule has 1 aromatic heterocycles. The number of aromatic nitrogens is 1. The first kappa shape index (κ1) is 10.4. The van der Waals surface area contributed by atoms with Gasteiger partial charge >= 0.3 is 6.98 Å². The van der Waals surface area contributed by atoms with Gasteiger partial charge in [-0.25, -0.2) is 4.98 Å². The van der Waals surface area contributed by atoms with E-state index in [1.165, 1.54) is 0 Å². The van der Waals surface area contributed by atoms with Gasteiger partial charge in [-0.1, -0.05) is 6.07 Å². The van der Waals surface area contributed by atoms with Crippen molar-refractivity contribution in [2.45, 2.75) is 0 Å².